The number of sulfonamides is 1. The number of nitrogens with two attached hydrogens (primary N) is 1. The van der Waals surface area contributed by atoms with Gasteiger partial charge in [0.1, 0.15) is 5.75 Å². The van der Waals surface area contributed by atoms with Gasteiger partial charge < -0.3 is 10.5 Å². The summed E-state index contributed by atoms with van der Waals surface area (Å²) < 4.78 is 45.8. The highest BCUT2D eigenvalue weighted by molar-refractivity contribution is 7.89. The molecule has 0 aliphatic heterocycles. The summed E-state index contributed by atoms with van der Waals surface area (Å²) in [5, 5.41) is 0. The third-order valence-electron chi connectivity index (χ3n) is 3.56. The average Bonchev–Trinajstić information content (AvgIpc) is 2.55. The summed E-state index contributed by atoms with van der Waals surface area (Å²) in [6.45, 7) is 0.148. The fraction of sp³-hybridized carbons (Fsp3) is 0.235. The fourth-order valence-corrected chi connectivity index (χ4v) is 3.27. The van der Waals surface area contributed by atoms with Gasteiger partial charge in [-0.05, 0) is 17.7 Å². The minimum absolute atomic E-state index is 0.148. The highest BCUT2D eigenvalue weighted by Gasteiger charge is 2.30. The lowest BCUT2D eigenvalue weighted by molar-refractivity contribution is 0.0995. The lowest BCUT2D eigenvalue weighted by atomic mass is 10.1. The van der Waals surface area contributed by atoms with E-state index in [1.807, 2.05) is 30.3 Å². The maximum absolute atomic E-state index is 14.6. The Morgan fingerprint density at radius 1 is 1.16 bits per heavy atom. The van der Waals surface area contributed by atoms with Gasteiger partial charge in [0.15, 0.2) is 10.7 Å². The number of rotatable bonds is 7. The lowest BCUT2D eigenvalue weighted by Crippen LogP contribution is -2.26. The molecule has 0 aliphatic carbocycles. The Kier molecular flexibility index (Phi) is 5.76. The first-order valence-electron chi connectivity index (χ1n) is 7.46. The predicted octanol–water partition coefficient (Wildman–Crippen LogP) is 1.80. The summed E-state index contributed by atoms with van der Waals surface area (Å²) in [5.41, 5.74) is 5.59. The number of hydrogen-bond donors (Lipinski definition) is 1. The summed E-state index contributed by atoms with van der Waals surface area (Å²) in [7, 11) is -1.64. The van der Waals surface area contributed by atoms with Crippen LogP contribution in [0.1, 0.15) is 15.9 Å². The first-order valence-corrected chi connectivity index (χ1v) is 8.90. The topological polar surface area (TPSA) is 89.7 Å². The van der Waals surface area contributed by atoms with Gasteiger partial charge in [0.25, 0.3) is 5.91 Å². The van der Waals surface area contributed by atoms with Crippen molar-refractivity contribution < 1.29 is 22.3 Å². The van der Waals surface area contributed by atoms with E-state index in [-0.39, 0.29) is 12.4 Å². The van der Waals surface area contributed by atoms with Gasteiger partial charge in [-0.1, -0.05) is 30.3 Å². The summed E-state index contributed by atoms with van der Waals surface area (Å²) in [5.74, 6) is -2.42. The van der Waals surface area contributed by atoms with Crippen molar-refractivity contribution in [3.8, 4) is 5.75 Å². The Labute approximate surface area is 146 Å². The van der Waals surface area contributed by atoms with E-state index in [0.29, 0.717) is 6.42 Å². The van der Waals surface area contributed by atoms with Crippen LogP contribution in [-0.2, 0) is 16.4 Å². The van der Waals surface area contributed by atoms with Crippen molar-refractivity contribution in [2.24, 2.45) is 5.73 Å². The second-order valence-electron chi connectivity index (χ2n) is 5.49. The van der Waals surface area contributed by atoms with Gasteiger partial charge in [0.05, 0.1) is 12.2 Å². The zero-order valence-corrected chi connectivity index (χ0v) is 14.7. The molecule has 2 rings (SSSR count). The van der Waals surface area contributed by atoms with Crippen LogP contribution in [-0.4, -0.2) is 39.3 Å². The van der Waals surface area contributed by atoms with E-state index in [0.717, 1.165) is 15.9 Å². The predicted molar refractivity (Wildman–Crippen MR) is 91.4 cm³/mol. The van der Waals surface area contributed by atoms with Crippen molar-refractivity contribution in [1.29, 1.82) is 0 Å². The van der Waals surface area contributed by atoms with Crippen LogP contribution in [0.15, 0.2) is 47.4 Å². The number of hydrogen-bond acceptors (Lipinski definition) is 4. The van der Waals surface area contributed by atoms with Crippen LogP contribution in [0.3, 0.4) is 0 Å². The number of ether oxygens (including phenoxy) is 1. The molecule has 0 spiro atoms. The van der Waals surface area contributed by atoms with Crippen molar-refractivity contribution >= 4 is 15.9 Å². The van der Waals surface area contributed by atoms with Crippen LogP contribution in [0.25, 0.3) is 0 Å². The van der Waals surface area contributed by atoms with Crippen molar-refractivity contribution in [2.75, 3.05) is 20.7 Å². The Hall–Kier alpha value is -2.45. The van der Waals surface area contributed by atoms with E-state index in [2.05, 4.69) is 0 Å². The molecule has 6 nitrogen and oxygen atoms in total. The molecule has 0 bridgehead atoms. The largest absolute Gasteiger partial charge is 0.492 e. The number of benzene rings is 2. The molecular weight excluding hydrogens is 347 g/mol. The minimum atomic E-state index is -4.16. The smallest absolute Gasteiger partial charge is 0.251 e. The summed E-state index contributed by atoms with van der Waals surface area (Å²) >= 11 is 0. The van der Waals surface area contributed by atoms with Crippen molar-refractivity contribution in [1.82, 2.24) is 4.31 Å². The molecule has 0 fully saturated rings. The fourth-order valence-electron chi connectivity index (χ4n) is 2.19. The highest BCUT2D eigenvalue weighted by Crippen LogP contribution is 2.31. The molecule has 2 N–H and O–H groups in total. The second kappa shape index (κ2) is 7.62. The van der Waals surface area contributed by atoms with Crippen molar-refractivity contribution in [3.05, 3.63) is 59.4 Å². The molecule has 2 aromatic carbocycles. The zero-order chi connectivity index (χ0) is 18.6. The van der Waals surface area contributed by atoms with Crippen LogP contribution in [0.4, 0.5) is 4.39 Å². The molecule has 2 aromatic rings. The molecule has 0 saturated carbocycles. The number of primary amides is 1. The van der Waals surface area contributed by atoms with E-state index in [1.54, 1.807) is 0 Å². The van der Waals surface area contributed by atoms with Gasteiger partial charge in [-0.3, -0.25) is 4.79 Å². The van der Waals surface area contributed by atoms with E-state index in [9.17, 15) is 17.6 Å². The van der Waals surface area contributed by atoms with E-state index >= 15 is 0 Å². The third-order valence-corrected chi connectivity index (χ3v) is 5.41. The van der Waals surface area contributed by atoms with Gasteiger partial charge in [-0.15, -0.1) is 0 Å². The van der Waals surface area contributed by atoms with Crippen LogP contribution in [0, 0.1) is 5.82 Å². The Bertz CT molecular complexity index is 868. The first kappa shape index (κ1) is 18.9. The Morgan fingerprint density at radius 2 is 1.80 bits per heavy atom. The molecule has 1 amide bonds. The monoisotopic (exact) mass is 366 g/mol. The summed E-state index contributed by atoms with van der Waals surface area (Å²) in [6, 6.07) is 11.8. The second-order valence-corrected chi connectivity index (χ2v) is 7.58. The van der Waals surface area contributed by atoms with Gasteiger partial charge in [-0.25, -0.2) is 17.1 Å². The van der Waals surface area contributed by atoms with Gasteiger partial charge in [0, 0.05) is 20.5 Å². The standard InChI is InChI=1S/C17H19FN2O4S/c1-20(2)25(22,23)16-14(9-8-13(15(16)18)17(19)21)24-11-10-12-6-4-3-5-7-12/h3-9H,10-11H2,1-2H3,(H2,19,21). The number of amides is 1. The van der Waals surface area contributed by atoms with Crippen LogP contribution in [0.2, 0.25) is 0 Å². The molecule has 0 aliphatic rings. The molecule has 0 atom stereocenters. The molecule has 0 heterocycles. The molecule has 0 saturated heterocycles. The van der Waals surface area contributed by atoms with Crippen LogP contribution < -0.4 is 10.5 Å². The normalized spacial score (nSPS) is 11.5. The number of halogens is 1. The Morgan fingerprint density at radius 3 is 2.36 bits per heavy atom. The Balaban J connectivity index is 2.37. The van der Waals surface area contributed by atoms with Crippen molar-refractivity contribution in [2.45, 2.75) is 11.3 Å². The lowest BCUT2D eigenvalue weighted by Gasteiger charge is -2.17. The summed E-state index contributed by atoms with van der Waals surface area (Å²) in [6.07, 6.45) is 0.515. The number of carbonyl (C=O) groups excluding carboxylic acids is 1. The highest BCUT2D eigenvalue weighted by atomic mass is 32.2. The van der Waals surface area contributed by atoms with Crippen molar-refractivity contribution in [3.63, 3.8) is 0 Å². The molecule has 134 valence electrons. The number of carbonyl (C=O) groups is 1. The minimum Gasteiger partial charge on any atom is -0.492 e. The molecular formula is C17H19FN2O4S. The van der Waals surface area contributed by atoms with E-state index < -0.39 is 32.2 Å². The zero-order valence-electron chi connectivity index (χ0n) is 13.9. The maximum atomic E-state index is 14.6. The number of nitrogens with zero attached hydrogens (tertiary/aromatic N) is 1. The third kappa shape index (κ3) is 4.15. The van der Waals surface area contributed by atoms with E-state index in [4.69, 9.17) is 10.5 Å². The molecule has 25 heavy (non-hydrogen) atoms. The van der Waals surface area contributed by atoms with Crippen LogP contribution in [0.5, 0.6) is 5.75 Å². The quantitative estimate of drug-likeness (QED) is 0.809. The maximum Gasteiger partial charge on any atom is 0.251 e. The average molecular weight is 366 g/mol. The molecule has 8 heteroatoms. The van der Waals surface area contributed by atoms with Gasteiger partial charge in [-0.2, -0.15) is 0 Å². The molecule has 0 radical (unpaired) electrons. The van der Waals surface area contributed by atoms with Gasteiger partial charge in [0.2, 0.25) is 10.0 Å². The van der Waals surface area contributed by atoms with Crippen LogP contribution >= 0.6 is 0 Å². The SMILES string of the molecule is CN(C)S(=O)(=O)c1c(OCCc2ccccc2)ccc(C(N)=O)c1F. The van der Waals surface area contributed by atoms with Gasteiger partial charge >= 0.3 is 0 Å². The molecule has 0 unspecified atom stereocenters. The first-order chi connectivity index (χ1) is 11.7. The summed E-state index contributed by atoms with van der Waals surface area (Å²) in [4.78, 5) is 10.6. The van der Waals surface area contributed by atoms with E-state index in [1.165, 1.54) is 20.2 Å². The molecule has 0 aromatic heterocycles.